The zero-order valence-corrected chi connectivity index (χ0v) is 14.1. The molecule has 3 aromatic rings. The topological polar surface area (TPSA) is 58.1 Å². The van der Waals surface area contributed by atoms with Gasteiger partial charge in [-0.2, -0.15) is 0 Å². The summed E-state index contributed by atoms with van der Waals surface area (Å²) in [6.07, 6.45) is 5.16. The molecule has 5 nitrogen and oxygen atoms in total. The molecule has 0 aliphatic carbocycles. The molecule has 1 N–H and O–H groups in total. The van der Waals surface area contributed by atoms with Gasteiger partial charge in [-0.3, -0.25) is 9.78 Å². The molecule has 5 heteroatoms. The summed E-state index contributed by atoms with van der Waals surface area (Å²) < 4.78 is 0. The fourth-order valence-electron chi connectivity index (χ4n) is 2.47. The molecule has 1 amide bonds. The average Bonchev–Trinajstić information content (AvgIpc) is 2.68. The maximum atomic E-state index is 12.2. The summed E-state index contributed by atoms with van der Waals surface area (Å²) >= 11 is 0. The lowest BCUT2D eigenvalue weighted by Crippen LogP contribution is -2.24. The van der Waals surface area contributed by atoms with Crippen molar-refractivity contribution in [3.8, 4) is 0 Å². The molecule has 126 valence electrons. The molecule has 0 spiro atoms. The minimum Gasteiger partial charge on any atom is -0.369 e. The number of carbonyl (C=O) groups excluding carboxylic acids is 1. The third-order valence-corrected chi connectivity index (χ3v) is 3.86. The first kappa shape index (κ1) is 16.6. The van der Waals surface area contributed by atoms with Crippen LogP contribution in [0.15, 0.2) is 73.2 Å². The zero-order valence-electron chi connectivity index (χ0n) is 14.1. The summed E-state index contributed by atoms with van der Waals surface area (Å²) in [5.74, 6) is -0.193. The number of hydrogen-bond acceptors (Lipinski definition) is 4. The van der Waals surface area contributed by atoms with E-state index in [1.54, 1.807) is 24.7 Å². The fourth-order valence-corrected chi connectivity index (χ4v) is 2.47. The third kappa shape index (κ3) is 4.64. The lowest BCUT2D eigenvalue weighted by atomic mass is 10.2. The van der Waals surface area contributed by atoms with E-state index in [4.69, 9.17) is 0 Å². The van der Waals surface area contributed by atoms with E-state index in [-0.39, 0.29) is 5.91 Å². The van der Waals surface area contributed by atoms with Crippen LogP contribution in [0.5, 0.6) is 0 Å². The predicted molar refractivity (Wildman–Crippen MR) is 98.2 cm³/mol. The molecule has 0 saturated heterocycles. The predicted octanol–water partition coefficient (Wildman–Crippen LogP) is 3.04. The first-order chi connectivity index (χ1) is 12.2. The number of nitrogens with zero attached hydrogens (tertiary/aromatic N) is 3. The van der Waals surface area contributed by atoms with Gasteiger partial charge in [0.25, 0.3) is 5.91 Å². The maximum absolute atomic E-state index is 12.2. The Bertz CT molecular complexity index is 804. The number of aromatic nitrogens is 2. The summed E-state index contributed by atoms with van der Waals surface area (Å²) in [5, 5.41) is 2.85. The van der Waals surface area contributed by atoms with Gasteiger partial charge in [-0.25, -0.2) is 4.98 Å². The van der Waals surface area contributed by atoms with Crippen LogP contribution in [0, 0.1) is 0 Å². The molecule has 0 bridgehead atoms. The SMILES string of the molecule is CN(Cc1ccccc1)c1ccc(C(=O)NCc2cccnc2)nc1. The summed E-state index contributed by atoms with van der Waals surface area (Å²) in [7, 11) is 2.01. The Morgan fingerprint density at radius 1 is 1.00 bits per heavy atom. The van der Waals surface area contributed by atoms with E-state index in [9.17, 15) is 4.79 Å². The van der Waals surface area contributed by atoms with Crippen LogP contribution in [0.2, 0.25) is 0 Å². The molecule has 1 aromatic carbocycles. The van der Waals surface area contributed by atoms with E-state index < -0.39 is 0 Å². The Balaban J connectivity index is 1.58. The highest BCUT2D eigenvalue weighted by Gasteiger charge is 2.08. The molecule has 2 heterocycles. The monoisotopic (exact) mass is 332 g/mol. The maximum Gasteiger partial charge on any atom is 0.270 e. The Kier molecular flexibility index (Phi) is 5.36. The second-order valence-electron chi connectivity index (χ2n) is 5.79. The van der Waals surface area contributed by atoms with Crippen LogP contribution in [0.3, 0.4) is 0 Å². The highest BCUT2D eigenvalue weighted by molar-refractivity contribution is 5.92. The highest BCUT2D eigenvalue weighted by atomic mass is 16.1. The molecule has 0 radical (unpaired) electrons. The lowest BCUT2D eigenvalue weighted by Gasteiger charge is -2.19. The molecule has 0 aliphatic heterocycles. The van der Waals surface area contributed by atoms with E-state index in [0.717, 1.165) is 17.8 Å². The van der Waals surface area contributed by atoms with Crippen molar-refractivity contribution in [3.05, 3.63) is 90.0 Å². The highest BCUT2D eigenvalue weighted by Crippen LogP contribution is 2.14. The zero-order chi connectivity index (χ0) is 17.5. The van der Waals surface area contributed by atoms with Crippen LogP contribution < -0.4 is 10.2 Å². The number of pyridine rings is 2. The molecule has 3 rings (SSSR count). The van der Waals surface area contributed by atoms with E-state index in [0.29, 0.717) is 12.2 Å². The molecular weight excluding hydrogens is 312 g/mol. The number of hydrogen-bond donors (Lipinski definition) is 1. The largest absolute Gasteiger partial charge is 0.369 e. The normalized spacial score (nSPS) is 10.3. The first-order valence-corrected chi connectivity index (χ1v) is 8.10. The number of amides is 1. The number of rotatable bonds is 6. The number of nitrogens with one attached hydrogen (secondary N) is 1. The number of anilines is 1. The van der Waals surface area contributed by atoms with E-state index in [1.807, 2.05) is 43.4 Å². The molecule has 0 aliphatic rings. The molecule has 0 fully saturated rings. The minimum atomic E-state index is -0.193. The third-order valence-electron chi connectivity index (χ3n) is 3.86. The van der Waals surface area contributed by atoms with E-state index >= 15 is 0 Å². The van der Waals surface area contributed by atoms with Crippen molar-refractivity contribution >= 4 is 11.6 Å². The van der Waals surface area contributed by atoms with Crippen LogP contribution in [0.4, 0.5) is 5.69 Å². The van der Waals surface area contributed by atoms with Crippen molar-refractivity contribution < 1.29 is 4.79 Å². The number of carbonyl (C=O) groups is 1. The van der Waals surface area contributed by atoms with Crippen molar-refractivity contribution in [3.63, 3.8) is 0 Å². The fraction of sp³-hybridized carbons (Fsp3) is 0.150. The molecular formula is C20H20N4O. The molecule has 0 unspecified atom stereocenters. The van der Waals surface area contributed by atoms with Gasteiger partial charge in [-0.15, -0.1) is 0 Å². The van der Waals surface area contributed by atoms with Gasteiger partial charge in [0, 0.05) is 32.5 Å². The Labute approximate surface area is 147 Å². The van der Waals surface area contributed by atoms with Gasteiger partial charge >= 0.3 is 0 Å². The van der Waals surface area contributed by atoms with Crippen molar-refractivity contribution in [2.24, 2.45) is 0 Å². The summed E-state index contributed by atoms with van der Waals surface area (Å²) in [6.45, 7) is 1.22. The van der Waals surface area contributed by atoms with Crippen molar-refractivity contribution in [2.75, 3.05) is 11.9 Å². The van der Waals surface area contributed by atoms with Gasteiger partial charge in [0.1, 0.15) is 5.69 Å². The lowest BCUT2D eigenvalue weighted by molar-refractivity contribution is 0.0946. The van der Waals surface area contributed by atoms with Crippen molar-refractivity contribution in [2.45, 2.75) is 13.1 Å². The van der Waals surface area contributed by atoms with Gasteiger partial charge in [0.15, 0.2) is 0 Å². The average molecular weight is 332 g/mol. The van der Waals surface area contributed by atoms with Crippen molar-refractivity contribution in [1.82, 2.24) is 15.3 Å². The van der Waals surface area contributed by atoms with Gasteiger partial charge in [-0.05, 0) is 29.3 Å². The van der Waals surface area contributed by atoms with Gasteiger partial charge in [0.05, 0.1) is 11.9 Å². The summed E-state index contributed by atoms with van der Waals surface area (Å²) in [4.78, 5) is 22.6. The first-order valence-electron chi connectivity index (χ1n) is 8.10. The quantitative estimate of drug-likeness (QED) is 0.754. The van der Waals surface area contributed by atoms with E-state index in [1.165, 1.54) is 5.56 Å². The number of benzene rings is 1. The molecule has 2 aromatic heterocycles. The van der Waals surface area contributed by atoms with Crippen LogP contribution in [-0.2, 0) is 13.1 Å². The molecule has 0 saturated carbocycles. The molecule has 0 atom stereocenters. The molecule has 25 heavy (non-hydrogen) atoms. The summed E-state index contributed by atoms with van der Waals surface area (Å²) in [5.41, 5.74) is 3.55. The van der Waals surface area contributed by atoms with Crippen LogP contribution in [0.1, 0.15) is 21.6 Å². The van der Waals surface area contributed by atoms with Gasteiger partial charge in [0.2, 0.25) is 0 Å². The minimum absolute atomic E-state index is 0.193. The van der Waals surface area contributed by atoms with Crippen LogP contribution in [0.25, 0.3) is 0 Å². The summed E-state index contributed by atoms with van der Waals surface area (Å²) in [6, 6.07) is 17.6. The second kappa shape index (κ2) is 8.06. The second-order valence-corrected chi connectivity index (χ2v) is 5.79. The van der Waals surface area contributed by atoms with Crippen LogP contribution in [-0.4, -0.2) is 22.9 Å². The van der Waals surface area contributed by atoms with E-state index in [2.05, 4.69) is 32.3 Å². The van der Waals surface area contributed by atoms with Crippen LogP contribution >= 0.6 is 0 Å². The Hall–Kier alpha value is -3.21. The van der Waals surface area contributed by atoms with Gasteiger partial charge in [-0.1, -0.05) is 36.4 Å². The standard InChI is InChI=1S/C20H20N4O/c1-24(15-16-6-3-2-4-7-16)18-9-10-19(22-14-18)20(25)23-13-17-8-5-11-21-12-17/h2-12,14H,13,15H2,1H3,(H,23,25). The van der Waals surface area contributed by atoms with Crippen molar-refractivity contribution in [1.29, 1.82) is 0 Å². The Morgan fingerprint density at radius 2 is 1.80 bits per heavy atom. The Morgan fingerprint density at radius 3 is 2.48 bits per heavy atom. The van der Waals surface area contributed by atoms with Gasteiger partial charge < -0.3 is 10.2 Å². The smallest absolute Gasteiger partial charge is 0.270 e.